The van der Waals surface area contributed by atoms with Gasteiger partial charge in [0.25, 0.3) is 0 Å². The summed E-state index contributed by atoms with van der Waals surface area (Å²) in [6.45, 7) is 6.10. The van der Waals surface area contributed by atoms with Crippen LogP contribution in [0.25, 0.3) is 0 Å². The molecule has 0 fully saturated rings. The smallest absolute Gasteiger partial charge is 0.307 e. The predicted octanol–water partition coefficient (Wildman–Crippen LogP) is 4.03. The molecule has 0 amide bonds. The summed E-state index contributed by atoms with van der Waals surface area (Å²) < 4.78 is 5.91. The number of ether oxygens (including phenoxy) is 1. The van der Waals surface area contributed by atoms with E-state index in [2.05, 4.69) is 19.1 Å². The summed E-state index contributed by atoms with van der Waals surface area (Å²) in [5, 5.41) is 8.74. The van der Waals surface area contributed by atoms with E-state index in [1.54, 1.807) is 24.3 Å². The van der Waals surface area contributed by atoms with E-state index in [0.717, 1.165) is 22.4 Å². The van der Waals surface area contributed by atoms with Gasteiger partial charge in [0.1, 0.15) is 11.5 Å². The second kappa shape index (κ2) is 5.78. The van der Waals surface area contributed by atoms with Gasteiger partial charge in [-0.05, 0) is 49.6 Å². The second-order valence-corrected chi connectivity index (χ2v) is 5.04. The minimum Gasteiger partial charge on any atom is -0.481 e. The Morgan fingerprint density at radius 2 is 1.60 bits per heavy atom. The van der Waals surface area contributed by atoms with Crippen molar-refractivity contribution in [1.29, 1.82) is 0 Å². The molecule has 3 nitrogen and oxygen atoms in total. The molecule has 0 spiro atoms. The van der Waals surface area contributed by atoms with Crippen LogP contribution in [0.2, 0.25) is 0 Å². The molecular weight excluding hydrogens is 252 g/mol. The summed E-state index contributed by atoms with van der Waals surface area (Å²) in [5.41, 5.74) is 4.17. The summed E-state index contributed by atoms with van der Waals surface area (Å²) in [5.74, 6) is 0.750. The Labute approximate surface area is 118 Å². The van der Waals surface area contributed by atoms with E-state index in [-0.39, 0.29) is 6.42 Å². The molecule has 0 saturated heterocycles. The van der Waals surface area contributed by atoms with Gasteiger partial charge in [-0.3, -0.25) is 4.79 Å². The van der Waals surface area contributed by atoms with Crippen molar-refractivity contribution in [2.75, 3.05) is 0 Å². The molecule has 2 aromatic carbocycles. The SMILES string of the molecule is Cc1cc(C)c(Oc2ccc(CC(=O)O)cc2)c(C)c1. The molecule has 0 saturated carbocycles. The molecule has 0 atom stereocenters. The summed E-state index contributed by atoms with van der Waals surface area (Å²) in [6.07, 6.45) is 0.0306. The monoisotopic (exact) mass is 270 g/mol. The molecule has 3 heteroatoms. The first-order chi connectivity index (χ1) is 9.45. The fraction of sp³-hybridized carbons (Fsp3) is 0.235. The van der Waals surface area contributed by atoms with E-state index in [9.17, 15) is 4.79 Å². The molecular formula is C17H18O3. The molecule has 0 radical (unpaired) electrons. The quantitative estimate of drug-likeness (QED) is 0.912. The van der Waals surface area contributed by atoms with Crippen molar-refractivity contribution in [1.82, 2.24) is 0 Å². The van der Waals surface area contributed by atoms with Crippen molar-refractivity contribution >= 4 is 5.97 Å². The van der Waals surface area contributed by atoms with Crippen LogP contribution in [0.15, 0.2) is 36.4 Å². The van der Waals surface area contributed by atoms with Crippen molar-refractivity contribution in [3.8, 4) is 11.5 Å². The Bertz CT molecular complexity index is 604. The van der Waals surface area contributed by atoms with Gasteiger partial charge in [0, 0.05) is 0 Å². The van der Waals surface area contributed by atoms with Gasteiger partial charge in [0.05, 0.1) is 6.42 Å². The van der Waals surface area contributed by atoms with Crippen molar-refractivity contribution in [3.05, 3.63) is 58.7 Å². The minimum absolute atomic E-state index is 0.0306. The average molecular weight is 270 g/mol. The first-order valence-electron chi connectivity index (χ1n) is 6.52. The Morgan fingerprint density at radius 3 is 2.10 bits per heavy atom. The van der Waals surface area contributed by atoms with Crippen molar-refractivity contribution in [2.45, 2.75) is 27.2 Å². The van der Waals surface area contributed by atoms with Crippen molar-refractivity contribution in [3.63, 3.8) is 0 Å². The van der Waals surface area contributed by atoms with Crippen LogP contribution in [0.4, 0.5) is 0 Å². The Kier molecular flexibility index (Phi) is 4.08. The number of rotatable bonds is 4. The van der Waals surface area contributed by atoms with E-state index in [1.165, 1.54) is 5.56 Å². The maximum absolute atomic E-state index is 10.6. The van der Waals surface area contributed by atoms with Gasteiger partial charge in [0.2, 0.25) is 0 Å². The lowest BCUT2D eigenvalue weighted by atomic mass is 10.1. The fourth-order valence-corrected chi connectivity index (χ4v) is 2.30. The highest BCUT2D eigenvalue weighted by Gasteiger charge is 2.07. The number of aryl methyl sites for hydroxylation is 3. The third kappa shape index (κ3) is 3.38. The summed E-state index contributed by atoms with van der Waals surface area (Å²) in [6, 6.07) is 11.3. The van der Waals surface area contributed by atoms with Crippen molar-refractivity contribution < 1.29 is 14.6 Å². The molecule has 0 aliphatic heterocycles. The maximum Gasteiger partial charge on any atom is 0.307 e. The van der Waals surface area contributed by atoms with E-state index in [0.29, 0.717) is 5.75 Å². The van der Waals surface area contributed by atoms with E-state index < -0.39 is 5.97 Å². The Balaban J connectivity index is 2.20. The zero-order valence-corrected chi connectivity index (χ0v) is 11.9. The molecule has 0 aliphatic carbocycles. The molecule has 0 aliphatic rings. The number of carboxylic acid groups (broad SMARTS) is 1. The third-order valence-electron chi connectivity index (χ3n) is 3.10. The molecule has 1 N–H and O–H groups in total. The lowest BCUT2D eigenvalue weighted by molar-refractivity contribution is -0.136. The highest BCUT2D eigenvalue weighted by Crippen LogP contribution is 2.29. The zero-order valence-electron chi connectivity index (χ0n) is 11.9. The molecule has 0 heterocycles. The maximum atomic E-state index is 10.6. The van der Waals surface area contributed by atoms with Gasteiger partial charge < -0.3 is 9.84 Å². The molecule has 0 unspecified atom stereocenters. The fourth-order valence-electron chi connectivity index (χ4n) is 2.30. The van der Waals surface area contributed by atoms with Crippen LogP contribution in [-0.2, 0) is 11.2 Å². The Hall–Kier alpha value is -2.29. The molecule has 20 heavy (non-hydrogen) atoms. The highest BCUT2D eigenvalue weighted by atomic mass is 16.5. The van der Waals surface area contributed by atoms with Gasteiger partial charge in [-0.15, -0.1) is 0 Å². The number of benzene rings is 2. The van der Waals surface area contributed by atoms with Crippen LogP contribution in [0, 0.1) is 20.8 Å². The van der Waals surface area contributed by atoms with Gasteiger partial charge in [0.15, 0.2) is 0 Å². The molecule has 104 valence electrons. The van der Waals surface area contributed by atoms with Crippen LogP contribution in [0.1, 0.15) is 22.3 Å². The summed E-state index contributed by atoms with van der Waals surface area (Å²) in [7, 11) is 0. The number of carboxylic acids is 1. The largest absolute Gasteiger partial charge is 0.481 e. The van der Waals surface area contributed by atoms with Gasteiger partial charge >= 0.3 is 5.97 Å². The normalized spacial score (nSPS) is 10.3. The number of hydrogen-bond donors (Lipinski definition) is 1. The number of hydrogen-bond acceptors (Lipinski definition) is 2. The highest BCUT2D eigenvalue weighted by molar-refractivity contribution is 5.70. The van der Waals surface area contributed by atoms with E-state index in [4.69, 9.17) is 9.84 Å². The van der Waals surface area contributed by atoms with Crippen LogP contribution >= 0.6 is 0 Å². The third-order valence-corrected chi connectivity index (χ3v) is 3.10. The first-order valence-corrected chi connectivity index (χ1v) is 6.52. The lowest BCUT2D eigenvalue weighted by Gasteiger charge is -2.13. The predicted molar refractivity (Wildman–Crippen MR) is 78.5 cm³/mol. The second-order valence-electron chi connectivity index (χ2n) is 5.04. The number of carbonyl (C=O) groups is 1. The van der Waals surface area contributed by atoms with Crippen LogP contribution in [-0.4, -0.2) is 11.1 Å². The van der Waals surface area contributed by atoms with Gasteiger partial charge in [-0.25, -0.2) is 0 Å². The zero-order chi connectivity index (χ0) is 14.7. The molecule has 0 aromatic heterocycles. The van der Waals surface area contributed by atoms with E-state index in [1.807, 2.05) is 13.8 Å². The minimum atomic E-state index is -0.830. The standard InChI is InChI=1S/C17H18O3/c1-11-8-12(2)17(13(3)9-11)20-15-6-4-14(5-7-15)10-16(18)19/h4-9H,10H2,1-3H3,(H,18,19). The summed E-state index contributed by atoms with van der Waals surface area (Å²) in [4.78, 5) is 10.6. The molecule has 2 rings (SSSR count). The lowest BCUT2D eigenvalue weighted by Crippen LogP contribution is -1.99. The van der Waals surface area contributed by atoms with Crippen LogP contribution in [0.3, 0.4) is 0 Å². The molecule has 0 bridgehead atoms. The number of aliphatic carboxylic acids is 1. The topological polar surface area (TPSA) is 46.5 Å². The Morgan fingerprint density at radius 1 is 1.05 bits per heavy atom. The molecule has 2 aromatic rings. The average Bonchev–Trinajstić information content (AvgIpc) is 2.35. The van der Waals surface area contributed by atoms with Crippen LogP contribution < -0.4 is 4.74 Å². The van der Waals surface area contributed by atoms with E-state index >= 15 is 0 Å². The van der Waals surface area contributed by atoms with Crippen LogP contribution in [0.5, 0.6) is 11.5 Å². The first kappa shape index (κ1) is 14.1. The van der Waals surface area contributed by atoms with Crippen molar-refractivity contribution in [2.24, 2.45) is 0 Å². The van der Waals surface area contributed by atoms with Gasteiger partial charge in [-0.1, -0.05) is 29.8 Å². The van der Waals surface area contributed by atoms with Gasteiger partial charge in [-0.2, -0.15) is 0 Å². The summed E-state index contributed by atoms with van der Waals surface area (Å²) >= 11 is 0.